The zero-order chi connectivity index (χ0) is 18.3. The second kappa shape index (κ2) is 6.29. The minimum atomic E-state index is -0.425. The van der Waals surface area contributed by atoms with E-state index in [0.29, 0.717) is 6.54 Å². The van der Waals surface area contributed by atoms with Crippen LogP contribution in [-0.4, -0.2) is 56.1 Å². The molecule has 1 N–H and O–H groups in total. The van der Waals surface area contributed by atoms with Crippen LogP contribution in [-0.2, 0) is 0 Å². The average Bonchev–Trinajstić information content (AvgIpc) is 3.11. The third kappa shape index (κ3) is 2.63. The van der Waals surface area contributed by atoms with Gasteiger partial charge in [-0.25, -0.2) is 9.97 Å². The number of anilines is 1. The Hall–Kier alpha value is -3.16. The van der Waals surface area contributed by atoms with Gasteiger partial charge < -0.3 is 9.80 Å². The molecule has 3 heterocycles. The molecule has 8 heteroatoms. The number of hydrogen-bond donors (Lipinski definition) is 1. The first-order chi connectivity index (χ1) is 12.6. The van der Waals surface area contributed by atoms with Gasteiger partial charge in [-0.15, -0.1) is 0 Å². The zero-order valence-electron chi connectivity index (χ0n) is 14.7. The first kappa shape index (κ1) is 16.3. The molecule has 1 atom stereocenters. The van der Waals surface area contributed by atoms with Crippen molar-refractivity contribution in [2.75, 3.05) is 24.5 Å². The number of carbonyl (C=O) groups is 1. The Labute approximate surface area is 150 Å². The molecule has 4 rings (SSSR count). The Morgan fingerprint density at radius 1 is 1.23 bits per heavy atom. The van der Waals surface area contributed by atoms with Gasteiger partial charge in [-0.05, 0) is 25.5 Å². The number of carbonyl (C=O) groups excluding carboxylic acids is 1. The predicted molar refractivity (Wildman–Crippen MR) is 97.5 cm³/mol. The van der Waals surface area contributed by atoms with Gasteiger partial charge >= 0.3 is 0 Å². The fourth-order valence-electron chi connectivity index (χ4n) is 3.50. The van der Waals surface area contributed by atoms with Crippen LogP contribution in [0, 0.1) is 6.92 Å². The van der Waals surface area contributed by atoms with Crippen LogP contribution in [0.4, 0.5) is 5.69 Å². The lowest BCUT2D eigenvalue weighted by molar-refractivity contribution is 0.0671. The van der Waals surface area contributed by atoms with E-state index in [9.17, 15) is 9.59 Å². The molecule has 26 heavy (non-hydrogen) atoms. The molecule has 0 aliphatic carbocycles. The minimum absolute atomic E-state index is 0.0160. The second-order valence-corrected chi connectivity index (χ2v) is 6.58. The summed E-state index contributed by atoms with van der Waals surface area (Å²) >= 11 is 0. The van der Waals surface area contributed by atoms with Gasteiger partial charge in [0.25, 0.3) is 17.2 Å². The van der Waals surface area contributed by atoms with Crippen LogP contribution in [0.25, 0.3) is 5.78 Å². The summed E-state index contributed by atoms with van der Waals surface area (Å²) in [6, 6.07) is 8.22. The van der Waals surface area contributed by atoms with Gasteiger partial charge in [0.1, 0.15) is 11.9 Å². The number of nitrogens with one attached hydrogen (secondary N) is 1. The molecule has 0 radical (unpaired) electrons. The summed E-state index contributed by atoms with van der Waals surface area (Å²) in [6.07, 6.45) is 2.70. The minimum Gasteiger partial charge on any atom is -0.367 e. The van der Waals surface area contributed by atoms with Crippen molar-refractivity contribution in [3.8, 4) is 0 Å². The SMILES string of the molecule is Cc1ccccc1N1CCN(C(=O)c2cnc3nc[nH]n3c2=O)[C@H](C)C1. The van der Waals surface area contributed by atoms with Crippen LogP contribution < -0.4 is 10.5 Å². The van der Waals surface area contributed by atoms with E-state index in [2.05, 4.69) is 39.0 Å². The van der Waals surface area contributed by atoms with Crippen LogP contribution in [0.2, 0.25) is 0 Å². The maximum absolute atomic E-state index is 12.9. The van der Waals surface area contributed by atoms with Crippen molar-refractivity contribution >= 4 is 17.4 Å². The molecule has 0 spiro atoms. The summed E-state index contributed by atoms with van der Waals surface area (Å²) in [4.78, 5) is 37.5. The molecular formula is C18H20N6O2. The highest BCUT2D eigenvalue weighted by Crippen LogP contribution is 2.23. The smallest absolute Gasteiger partial charge is 0.286 e. The predicted octanol–water partition coefficient (Wildman–Crippen LogP) is 1.08. The Morgan fingerprint density at radius 2 is 2.04 bits per heavy atom. The van der Waals surface area contributed by atoms with Gasteiger partial charge in [0.15, 0.2) is 0 Å². The third-order valence-electron chi connectivity index (χ3n) is 4.88. The number of amides is 1. The number of piperazine rings is 1. The molecule has 0 unspecified atom stereocenters. The number of para-hydroxylation sites is 1. The van der Waals surface area contributed by atoms with Crippen LogP contribution in [0.5, 0.6) is 0 Å². The van der Waals surface area contributed by atoms with Crippen LogP contribution in [0.3, 0.4) is 0 Å². The van der Waals surface area contributed by atoms with E-state index in [0.717, 1.165) is 13.1 Å². The molecule has 1 aromatic carbocycles. The highest BCUT2D eigenvalue weighted by Gasteiger charge is 2.30. The van der Waals surface area contributed by atoms with Gasteiger partial charge in [-0.1, -0.05) is 18.2 Å². The second-order valence-electron chi connectivity index (χ2n) is 6.58. The highest BCUT2D eigenvalue weighted by atomic mass is 16.2. The van der Waals surface area contributed by atoms with E-state index in [-0.39, 0.29) is 23.3 Å². The van der Waals surface area contributed by atoms with Crippen molar-refractivity contribution in [1.29, 1.82) is 0 Å². The van der Waals surface area contributed by atoms with Crippen molar-refractivity contribution in [2.45, 2.75) is 19.9 Å². The molecule has 0 bridgehead atoms. The van der Waals surface area contributed by atoms with E-state index in [1.807, 2.05) is 19.1 Å². The van der Waals surface area contributed by atoms with E-state index in [4.69, 9.17) is 0 Å². The summed E-state index contributed by atoms with van der Waals surface area (Å²) in [5.74, 6) is -0.0348. The molecule has 1 fully saturated rings. The standard InChI is InChI=1S/C18H20N6O2/c1-12-5-3-4-6-15(12)22-7-8-23(13(2)10-22)16(25)14-9-19-18-20-11-21-24(18)17(14)26/h3-6,9,11,13H,7-8,10H2,1-2H3,(H,19,20,21)/t13-/m1/s1. The Morgan fingerprint density at radius 3 is 2.81 bits per heavy atom. The molecule has 8 nitrogen and oxygen atoms in total. The fraction of sp³-hybridized carbons (Fsp3) is 0.333. The Bertz CT molecular complexity index is 1020. The fourth-order valence-corrected chi connectivity index (χ4v) is 3.50. The van der Waals surface area contributed by atoms with Crippen LogP contribution in [0.1, 0.15) is 22.8 Å². The first-order valence-corrected chi connectivity index (χ1v) is 8.59. The lowest BCUT2D eigenvalue weighted by atomic mass is 10.1. The number of aromatic nitrogens is 4. The Kier molecular flexibility index (Phi) is 3.95. The third-order valence-corrected chi connectivity index (χ3v) is 4.88. The number of benzene rings is 1. The molecule has 2 aromatic heterocycles. The van der Waals surface area contributed by atoms with Crippen LogP contribution >= 0.6 is 0 Å². The molecule has 1 aliphatic rings. The lowest BCUT2D eigenvalue weighted by Crippen LogP contribution is -2.55. The molecule has 3 aromatic rings. The van der Waals surface area contributed by atoms with E-state index >= 15 is 0 Å². The van der Waals surface area contributed by atoms with E-state index in [1.165, 1.54) is 28.3 Å². The summed E-state index contributed by atoms with van der Waals surface area (Å²) in [5.41, 5.74) is 2.03. The van der Waals surface area contributed by atoms with Crippen molar-refractivity contribution < 1.29 is 4.79 Å². The number of hydrogen-bond acceptors (Lipinski definition) is 5. The van der Waals surface area contributed by atoms with Gasteiger partial charge in [0.2, 0.25) is 0 Å². The van der Waals surface area contributed by atoms with Crippen molar-refractivity contribution in [2.24, 2.45) is 0 Å². The summed E-state index contributed by atoms with van der Waals surface area (Å²) < 4.78 is 1.18. The molecule has 134 valence electrons. The van der Waals surface area contributed by atoms with Crippen LogP contribution in [0.15, 0.2) is 41.6 Å². The molecular weight excluding hydrogens is 332 g/mol. The summed E-state index contributed by atoms with van der Waals surface area (Å²) in [5, 5.41) is 2.68. The van der Waals surface area contributed by atoms with Crippen molar-refractivity contribution in [3.63, 3.8) is 0 Å². The van der Waals surface area contributed by atoms with E-state index in [1.54, 1.807) is 4.90 Å². The van der Waals surface area contributed by atoms with Gasteiger partial charge in [-0.3, -0.25) is 14.7 Å². The molecule has 1 aliphatic heterocycles. The summed E-state index contributed by atoms with van der Waals surface area (Å²) in [7, 11) is 0. The first-order valence-electron chi connectivity index (χ1n) is 8.59. The largest absolute Gasteiger partial charge is 0.367 e. The van der Waals surface area contributed by atoms with E-state index < -0.39 is 5.56 Å². The van der Waals surface area contributed by atoms with Crippen molar-refractivity contribution in [1.82, 2.24) is 24.5 Å². The molecule has 1 amide bonds. The highest BCUT2D eigenvalue weighted by molar-refractivity contribution is 5.94. The normalized spacial score (nSPS) is 17.7. The number of H-pyrrole nitrogens is 1. The van der Waals surface area contributed by atoms with Gasteiger partial charge in [0, 0.05) is 37.6 Å². The number of rotatable bonds is 2. The topological polar surface area (TPSA) is 86.6 Å². The quantitative estimate of drug-likeness (QED) is 0.746. The number of aromatic amines is 1. The van der Waals surface area contributed by atoms with Gasteiger partial charge in [0.05, 0.1) is 0 Å². The van der Waals surface area contributed by atoms with Gasteiger partial charge in [-0.2, -0.15) is 4.52 Å². The Balaban J connectivity index is 1.57. The summed E-state index contributed by atoms with van der Waals surface area (Å²) in [6.45, 7) is 6.09. The maximum Gasteiger partial charge on any atom is 0.286 e. The van der Waals surface area contributed by atoms with Crippen molar-refractivity contribution in [3.05, 3.63) is 58.3 Å². The lowest BCUT2D eigenvalue weighted by Gasteiger charge is -2.41. The number of aryl methyl sites for hydroxylation is 1. The average molecular weight is 352 g/mol. The number of nitrogens with zero attached hydrogens (tertiary/aromatic N) is 5. The number of fused-ring (bicyclic) bond motifs is 1. The maximum atomic E-state index is 12.9. The molecule has 1 saturated heterocycles. The monoisotopic (exact) mass is 352 g/mol. The zero-order valence-corrected chi connectivity index (χ0v) is 14.7. The molecule has 0 saturated carbocycles.